The van der Waals surface area contributed by atoms with Gasteiger partial charge in [0.2, 0.25) is 6.41 Å². The monoisotopic (exact) mass is 407 g/mol. The number of thiol groups is 1. The molecule has 0 saturated heterocycles. The van der Waals surface area contributed by atoms with Crippen LogP contribution in [0.2, 0.25) is 0 Å². The quantitative estimate of drug-likeness (QED) is 0.329. The van der Waals surface area contributed by atoms with Crippen molar-refractivity contribution >= 4 is 41.8 Å². The van der Waals surface area contributed by atoms with Crippen LogP contribution >= 0.6 is 24.0 Å². The number of carbonyl (C=O) groups is 2. The van der Waals surface area contributed by atoms with Crippen LogP contribution in [0.4, 0.5) is 5.69 Å². The number of aliphatic hydroxyl groups is 1. The Morgan fingerprint density at radius 1 is 1.26 bits per heavy atom. The number of amides is 1. The first-order valence-electron chi connectivity index (χ1n) is 8.68. The predicted octanol–water partition coefficient (Wildman–Crippen LogP) is 2.65. The van der Waals surface area contributed by atoms with Crippen molar-refractivity contribution in [1.82, 2.24) is 4.98 Å². The van der Waals surface area contributed by atoms with Gasteiger partial charge in [-0.1, -0.05) is 6.07 Å². The fourth-order valence-electron chi connectivity index (χ4n) is 3.29. The molecule has 6 nitrogen and oxygen atoms in total. The van der Waals surface area contributed by atoms with E-state index in [0.29, 0.717) is 11.4 Å². The highest BCUT2D eigenvalue weighted by Crippen LogP contribution is 2.36. The van der Waals surface area contributed by atoms with Crippen molar-refractivity contribution < 1.29 is 14.7 Å². The molecule has 1 aromatic carbocycles. The van der Waals surface area contributed by atoms with E-state index >= 15 is 0 Å². The highest BCUT2D eigenvalue weighted by Gasteiger charge is 2.27. The molecule has 4 rings (SSSR count). The van der Waals surface area contributed by atoms with E-state index in [4.69, 9.17) is 10.5 Å². The number of nitrogens with zero attached hydrogens (tertiary/aromatic N) is 1. The van der Waals surface area contributed by atoms with E-state index in [-0.39, 0.29) is 12.2 Å². The molecule has 0 saturated carbocycles. The van der Waals surface area contributed by atoms with Crippen molar-refractivity contribution in [3.05, 3.63) is 39.5 Å². The SMILES string of the molecule is CC(C)(O)c1ncc(S)s1.NC=O.Nc1c2c(cc3c1C(=O)CC3)CCC2. The molecule has 2 aromatic rings. The molecule has 0 bridgehead atoms. The first-order valence-corrected chi connectivity index (χ1v) is 9.94. The maximum absolute atomic E-state index is 11.6. The number of primary amides is 1. The van der Waals surface area contributed by atoms with E-state index in [1.165, 1.54) is 34.4 Å². The molecule has 0 radical (unpaired) electrons. The lowest BCUT2D eigenvalue weighted by Gasteiger charge is -2.11. The Labute approximate surface area is 168 Å². The van der Waals surface area contributed by atoms with Gasteiger partial charge in [0.15, 0.2) is 5.78 Å². The van der Waals surface area contributed by atoms with Crippen molar-refractivity contribution in [3.8, 4) is 0 Å². The summed E-state index contributed by atoms with van der Waals surface area (Å²) < 4.78 is 0.831. The zero-order valence-electron chi connectivity index (χ0n) is 15.5. The lowest BCUT2D eigenvalue weighted by atomic mass is 9.99. The molecule has 1 heterocycles. The fraction of sp³-hybridized carbons (Fsp3) is 0.421. The summed E-state index contributed by atoms with van der Waals surface area (Å²) in [7, 11) is 0. The number of thiazole rings is 1. The van der Waals surface area contributed by atoms with Crippen molar-refractivity contribution in [3.63, 3.8) is 0 Å². The zero-order chi connectivity index (χ0) is 20.2. The number of ketones is 1. The molecule has 0 atom stereocenters. The highest BCUT2D eigenvalue weighted by molar-refractivity contribution is 7.82. The van der Waals surface area contributed by atoms with Crippen LogP contribution in [0.3, 0.4) is 0 Å². The van der Waals surface area contributed by atoms with Gasteiger partial charge in [-0.3, -0.25) is 9.59 Å². The Hall–Kier alpha value is -1.90. The summed E-state index contributed by atoms with van der Waals surface area (Å²) in [6.07, 6.45) is 6.83. The van der Waals surface area contributed by atoms with Crippen LogP contribution in [0.1, 0.15) is 58.7 Å². The van der Waals surface area contributed by atoms with E-state index in [2.05, 4.69) is 29.4 Å². The molecule has 0 unspecified atom stereocenters. The standard InChI is InChI=1S/C12H13NO.C6H9NOS2.CH3NO/c13-12-9-3-1-2-7(9)6-8-4-5-10(14)11(8)12;1-6(2,8)5-7-3-4(9)10-5;2-1-3/h6H,1-5,13H2;3,8-9H,1-2H3;1H,(H2,2,3). The Balaban J connectivity index is 0.000000178. The fourth-order valence-corrected chi connectivity index (χ4v) is 4.26. The number of aromatic nitrogens is 1. The molecular weight excluding hydrogens is 382 g/mol. The molecule has 0 aliphatic heterocycles. The summed E-state index contributed by atoms with van der Waals surface area (Å²) in [6, 6.07) is 2.21. The second kappa shape index (κ2) is 8.86. The van der Waals surface area contributed by atoms with Crippen molar-refractivity contribution in [2.75, 3.05) is 5.73 Å². The zero-order valence-corrected chi connectivity index (χ0v) is 17.2. The van der Waals surface area contributed by atoms with Crippen LogP contribution in [0.25, 0.3) is 0 Å². The average Bonchev–Trinajstić information content (AvgIpc) is 3.29. The van der Waals surface area contributed by atoms with Gasteiger partial charge in [-0.25, -0.2) is 4.98 Å². The molecule has 5 N–H and O–H groups in total. The molecule has 0 spiro atoms. The number of fused-ring (bicyclic) bond motifs is 2. The normalized spacial score (nSPS) is 14.4. The van der Waals surface area contributed by atoms with Crippen LogP contribution in [0.5, 0.6) is 0 Å². The molecule has 146 valence electrons. The van der Waals surface area contributed by atoms with Gasteiger partial charge < -0.3 is 16.6 Å². The Morgan fingerprint density at radius 2 is 1.93 bits per heavy atom. The summed E-state index contributed by atoms with van der Waals surface area (Å²) in [5.74, 6) is 0.243. The van der Waals surface area contributed by atoms with E-state index in [1.807, 2.05) is 0 Å². The molecule has 1 amide bonds. The summed E-state index contributed by atoms with van der Waals surface area (Å²) in [5, 5.41) is 10.1. The average molecular weight is 408 g/mol. The largest absolute Gasteiger partial charge is 0.398 e. The Kier molecular flexibility index (Phi) is 7.02. The molecule has 1 aromatic heterocycles. The topological polar surface area (TPSA) is 119 Å². The number of nitrogen functional groups attached to an aromatic ring is 1. The second-order valence-electron chi connectivity index (χ2n) is 6.94. The van der Waals surface area contributed by atoms with Gasteiger partial charge in [-0.15, -0.1) is 24.0 Å². The third-order valence-corrected chi connectivity index (χ3v) is 5.94. The maximum Gasteiger partial charge on any atom is 0.204 e. The molecule has 0 fully saturated rings. The number of carbonyl (C=O) groups excluding carboxylic acids is 2. The number of aryl methyl sites for hydroxylation is 2. The molecule has 8 heteroatoms. The van der Waals surface area contributed by atoms with Crippen LogP contribution in [-0.2, 0) is 29.7 Å². The Morgan fingerprint density at radius 3 is 2.44 bits per heavy atom. The predicted molar refractivity (Wildman–Crippen MR) is 110 cm³/mol. The van der Waals surface area contributed by atoms with E-state index in [1.54, 1.807) is 20.0 Å². The lowest BCUT2D eigenvalue weighted by Crippen LogP contribution is -2.14. The van der Waals surface area contributed by atoms with Crippen molar-refractivity contribution in [1.29, 1.82) is 0 Å². The number of nitrogens with two attached hydrogens (primary N) is 2. The van der Waals surface area contributed by atoms with Gasteiger partial charge in [0.25, 0.3) is 0 Å². The third-order valence-electron chi connectivity index (χ3n) is 4.44. The highest BCUT2D eigenvalue weighted by atomic mass is 32.2. The number of hydrogen-bond acceptors (Lipinski definition) is 7. The number of rotatable bonds is 1. The summed E-state index contributed by atoms with van der Waals surface area (Å²) in [4.78, 5) is 24.2. The maximum atomic E-state index is 11.6. The minimum absolute atomic E-state index is 0.243. The van der Waals surface area contributed by atoms with Gasteiger partial charge in [0, 0.05) is 17.7 Å². The van der Waals surface area contributed by atoms with Gasteiger partial charge in [0.1, 0.15) is 10.6 Å². The summed E-state index contributed by atoms with van der Waals surface area (Å²) in [6.45, 7) is 3.41. The van der Waals surface area contributed by atoms with Crippen LogP contribution in [0, 0.1) is 0 Å². The van der Waals surface area contributed by atoms with Gasteiger partial charge >= 0.3 is 0 Å². The summed E-state index contributed by atoms with van der Waals surface area (Å²) in [5.41, 5.74) is 14.8. The lowest BCUT2D eigenvalue weighted by molar-refractivity contribution is -0.106. The molecule has 2 aliphatic rings. The van der Waals surface area contributed by atoms with Gasteiger partial charge in [0.05, 0.1) is 10.4 Å². The molecular formula is C19H25N3O3S2. The molecule has 27 heavy (non-hydrogen) atoms. The minimum atomic E-state index is -0.828. The van der Waals surface area contributed by atoms with Gasteiger partial charge in [-0.2, -0.15) is 0 Å². The van der Waals surface area contributed by atoms with Crippen molar-refractivity contribution in [2.45, 2.75) is 55.8 Å². The Bertz CT molecular complexity index is 841. The third kappa shape index (κ3) is 5.09. The van der Waals surface area contributed by atoms with Crippen molar-refractivity contribution in [2.24, 2.45) is 5.73 Å². The smallest absolute Gasteiger partial charge is 0.204 e. The van der Waals surface area contributed by atoms with E-state index in [0.717, 1.165) is 34.7 Å². The van der Waals surface area contributed by atoms with E-state index in [9.17, 15) is 9.90 Å². The summed E-state index contributed by atoms with van der Waals surface area (Å²) >= 11 is 5.48. The number of hydrogen-bond donors (Lipinski definition) is 4. The first-order chi connectivity index (χ1) is 12.7. The van der Waals surface area contributed by atoms with E-state index < -0.39 is 5.60 Å². The number of Topliss-reactive ketones (excluding diaryl/α,β-unsaturated/α-hetero) is 1. The number of benzene rings is 1. The van der Waals surface area contributed by atoms with Gasteiger partial charge in [-0.05, 0) is 56.2 Å². The van der Waals surface area contributed by atoms with Crippen LogP contribution in [0.15, 0.2) is 16.5 Å². The first kappa shape index (κ1) is 21.4. The number of anilines is 1. The van der Waals surface area contributed by atoms with Crippen LogP contribution < -0.4 is 11.5 Å². The minimum Gasteiger partial charge on any atom is -0.398 e. The second-order valence-corrected chi connectivity index (χ2v) is 8.75. The molecule has 2 aliphatic carbocycles. The van der Waals surface area contributed by atoms with Crippen LogP contribution in [-0.4, -0.2) is 22.3 Å².